The van der Waals surface area contributed by atoms with Gasteiger partial charge in [0.2, 0.25) is 0 Å². The van der Waals surface area contributed by atoms with Crippen LogP contribution in [-0.2, 0) is 6.18 Å². The third-order valence-corrected chi connectivity index (χ3v) is 5.04. The molecule has 0 saturated heterocycles. The summed E-state index contributed by atoms with van der Waals surface area (Å²) in [7, 11) is 0. The third kappa shape index (κ3) is 6.50. The van der Waals surface area contributed by atoms with Crippen LogP contribution in [0.1, 0.15) is 26.3 Å². The summed E-state index contributed by atoms with van der Waals surface area (Å²) < 4.78 is 39.4. The molecule has 10 heteroatoms. The van der Waals surface area contributed by atoms with Crippen LogP contribution >= 0.6 is 34.8 Å². The number of carbonyl (C=O) groups excluding carboxylic acids is 2. The summed E-state index contributed by atoms with van der Waals surface area (Å²) in [6, 6.07) is 17.5. The highest BCUT2D eigenvalue weighted by atomic mass is 127. The van der Waals surface area contributed by atoms with E-state index in [2.05, 4.69) is 38.5 Å². The third-order valence-electron chi connectivity index (χ3n) is 4.17. The maximum atomic E-state index is 12.8. The highest BCUT2D eigenvalue weighted by molar-refractivity contribution is 14.1. The molecule has 3 aromatic rings. The lowest BCUT2D eigenvalue weighted by Crippen LogP contribution is -2.34. The van der Waals surface area contributed by atoms with Gasteiger partial charge in [0.15, 0.2) is 5.11 Å². The quantitative estimate of drug-likeness (QED) is 0.279. The number of nitrogens with one attached hydrogen (secondary N) is 3. The van der Waals surface area contributed by atoms with Crippen molar-refractivity contribution in [3.8, 4) is 0 Å². The molecule has 164 valence electrons. The first-order valence-corrected chi connectivity index (χ1v) is 10.6. The van der Waals surface area contributed by atoms with Crippen molar-refractivity contribution in [3.05, 3.63) is 93.1 Å². The minimum absolute atomic E-state index is 0.0338. The largest absolute Gasteiger partial charge is 0.416 e. The first-order chi connectivity index (χ1) is 15.1. The van der Waals surface area contributed by atoms with E-state index < -0.39 is 17.6 Å². The van der Waals surface area contributed by atoms with Crippen molar-refractivity contribution in [2.24, 2.45) is 0 Å². The molecule has 3 aromatic carbocycles. The van der Waals surface area contributed by atoms with Crippen LogP contribution in [0.2, 0.25) is 0 Å². The Hall–Kier alpha value is -2.99. The number of hydrogen-bond acceptors (Lipinski definition) is 3. The van der Waals surface area contributed by atoms with E-state index in [-0.39, 0.29) is 22.3 Å². The molecule has 0 saturated carbocycles. The number of thiocarbonyl (C=S) groups is 1. The number of amides is 2. The van der Waals surface area contributed by atoms with Gasteiger partial charge in [0.05, 0.1) is 5.56 Å². The first-order valence-electron chi connectivity index (χ1n) is 9.08. The van der Waals surface area contributed by atoms with Gasteiger partial charge in [-0.3, -0.25) is 14.9 Å². The van der Waals surface area contributed by atoms with Gasteiger partial charge >= 0.3 is 6.18 Å². The van der Waals surface area contributed by atoms with Crippen LogP contribution in [0.3, 0.4) is 0 Å². The minimum atomic E-state index is -4.50. The fraction of sp³-hybridized carbons (Fsp3) is 0.0455. The maximum absolute atomic E-state index is 12.8. The number of rotatable bonds is 4. The lowest BCUT2D eigenvalue weighted by Gasteiger charge is -2.11. The van der Waals surface area contributed by atoms with Gasteiger partial charge in [-0.1, -0.05) is 12.1 Å². The van der Waals surface area contributed by atoms with E-state index in [0.717, 1.165) is 15.7 Å². The van der Waals surface area contributed by atoms with Crippen LogP contribution in [0.4, 0.5) is 24.5 Å². The molecule has 0 atom stereocenters. The number of hydrogen-bond donors (Lipinski definition) is 3. The lowest BCUT2D eigenvalue weighted by molar-refractivity contribution is -0.137. The molecule has 0 radical (unpaired) electrons. The highest BCUT2D eigenvalue weighted by Crippen LogP contribution is 2.30. The molecule has 5 nitrogen and oxygen atoms in total. The van der Waals surface area contributed by atoms with Gasteiger partial charge in [-0.15, -0.1) is 0 Å². The molecule has 0 bridgehead atoms. The predicted octanol–water partition coefficient (Wildman–Crippen LogP) is 5.69. The Bertz CT molecular complexity index is 1170. The molecule has 0 aromatic heterocycles. The molecule has 32 heavy (non-hydrogen) atoms. The standard InChI is InChI=1S/C22H15F3IN3O2S/c23-22(24,25)15-4-2-6-18(12-15)27-19(30)13-7-9-17(10-8-13)28-21(32)29-20(31)14-3-1-5-16(26)11-14/h1-12H,(H,27,30)(H2,28,29,31,32). The topological polar surface area (TPSA) is 70.2 Å². The Morgan fingerprint density at radius 2 is 1.47 bits per heavy atom. The molecule has 0 fully saturated rings. The molecule has 3 N–H and O–H groups in total. The van der Waals surface area contributed by atoms with Crippen molar-refractivity contribution in [2.45, 2.75) is 6.18 Å². The van der Waals surface area contributed by atoms with Gasteiger partial charge < -0.3 is 10.6 Å². The Morgan fingerprint density at radius 1 is 0.781 bits per heavy atom. The molecular weight excluding hydrogens is 554 g/mol. The maximum Gasteiger partial charge on any atom is 0.416 e. The Labute approximate surface area is 200 Å². The van der Waals surface area contributed by atoms with E-state index in [9.17, 15) is 22.8 Å². The van der Waals surface area contributed by atoms with Gasteiger partial charge in [0, 0.05) is 26.1 Å². The van der Waals surface area contributed by atoms with Gasteiger partial charge in [0.25, 0.3) is 11.8 Å². The SMILES string of the molecule is O=C(NC(=S)Nc1ccc(C(=O)Nc2cccc(C(F)(F)F)c2)cc1)c1cccc(I)c1. The second-order valence-electron chi connectivity index (χ2n) is 6.53. The van der Waals surface area contributed by atoms with Crippen molar-refractivity contribution >= 4 is 63.1 Å². The number of carbonyl (C=O) groups is 2. The summed E-state index contributed by atoms with van der Waals surface area (Å²) >= 11 is 7.24. The van der Waals surface area contributed by atoms with Crippen LogP contribution < -0.4 is 16.0 Å². The Morgan fingerprint density at radius 3 is 2.12 bits per heavy atom. The zero-order chi connectivity index (χ0) is 23.3. The molecule has 0 unspecified atom stereocenters. The van der Waals surface area contributed by atoms with Crippen molar-refractivity contribution in [2.75, 3.05) is 10.6 Å². The summed E-state index contributed by atoms with van der Waals surface area (Å²) in [6.45, 7) is 0. The van der Waals surface area contributed by atoms with Crippen molar-refractivity contribution in [1.29, 1.82) is 0 Å². The predicted molar refractivity (Wildman–Crippen MR) is 129 cm³/mol. The van der Waals surface area contributed by atoms with Crippen molar-refractivity contribution in [3.63, 3.8) is 0 Å². The second kappa shape index (κ2) is 10.1. The minimum Gasteiger partial charge on any atom is -0.332 e. The molecule has 0 aliphatic heterocycles. The zero-order valence-corrected chi connectivity index (χ0v) is 19.1. The molecule has 0 aliphatic rings. The summed E-state index contributed by atoms with van der Waals surface area (Å²) in [5.74, 6) is -0.927. The fourth-order valence-electron chi connectivity index (χ4n) is 2.65. The molecule has 0 heterocycles. The van der Waals surface area contributed by atoms with Crippen LogP contribution in [0.5, 0.6) is 0 Å². The zero-order valence-electron chi connectivity index (χ0n) is 16.2. The molecule has 2 amide bonds. The van der Waals surface area contributed by atoms with Gasteiger partial charge in [0.1, 0.15) is 0 Å². The van der Waals surface area contributed by atoms with E-state index >= 15 is 0 Å². The number of halogens is 4. The number of anilines is 2. The average Bonchev–Trinajstić information content (AvgIpc) is 2.73. The van der Waals surface area contributed by atoms with Gasteiger partial charge in [-0.2, -0.15) is 13.2 Å². The first kappa shape index (κ1) is 23.7. The smallest absolute Gasteiger partial charge is 0.332 e. The Balaban J connectivity index is 1.59. The van der Waals surface area contributed by atoms with Crippen LogP contribution in [-0.4, -0.2) is 16.9 Å². The highest BCUT2D eigenvalue weighted by Gasteiger charge is 2.30. The van der Waals surface area contributed by atoms with E-state index in [1.807, 2.05) is 6.07 Å². The van der Waals surface area contributed by atoms with E-state index in [4.69, 9.17) is 12.2 Å². The van der Waals surface area contributed by atoms with Crippen molar-refractivity contribution < 1.29 is 22.8 Å². The molecule has 0 spiro atoms. The second-order valence-corrected chi connectivity index (χ2v) is 8.18. The van der Waals surface area contributed by atoms with E-state index in [0.29, 0.717) is 11.3 Å². The molecular formula is C22H15F3IN3O2S. The van der Waals surface area contributed by atoms with Crippen LogP contribution in [0.25, 0.3) is 0 Å². The van der Waals surface area contributed by atoms with Gasteiger partial charge in [-0.25, -0.2) is 0 Å². The summed E-state index contributed by atoms with van der Waals surface area (Å²) in [6.07, 6.45) is -4.50. The monoisotopic (exact) mass is 569 g/mol. The van der Waals surface area contributed by atoms with Crippen LogP contribution in [0, 0.1) is 3.57 Å². The normalized spacial score (nSPS) is 10.9. The fourth-order valence-corrected chi connectivity index (χ4v) is 3.40. The summed E-state index contributed by atoms with van der Waals surface area (Å²) in [4.78, 5) is 24.6. The van der Waals surface area contributed by atoms with Crippen LogP contribution in [0.15, 0.2) is 72.8 Å². The van der Waals surface area contributed by atoms with E-state index in [1.165, 1.54) is 24.3 Å². The number of alkyl halides is 3. The van der Waals surface area contributed by atoms with E-state index in [1.54, 1.807) is 30.3 Å². The average molecular weight is 569 g/mol. The Kier molecular flexibility index (Phi) is 7.46. The summed E-state index contributed by atoms with van der Waals surface area (Å²) in [5.41, 5.74) is 0.403. The lowest BCUT2D eigenvalue weighted by atomic mass is 10.1. The molecule has 0 aliphatic carbocycles. The molecule has 3 rings (SSSR count). The summed E-state index contributed by atoms with van der Waals surface area (Å²) in [5, 5.41) is 7.92. The van der Waals surface area contributed by atoms with Crippen molar-refractivity contribution in [1.82, 2.24) is 5.32 Å². The number of benzene rings is 3. The van der Waals surface area contributed by atoms with Gasteiger partial charge in [-0.05, 0) is 95.5 Å².